The standard InChI is InChI=1S/C15H19N3O2S/c1-11-2-6-17(7-3-11)13(19)4-8-18-10-16-14-12(15(18)20)5-9-21-14/h5,9-11H,2-4,6-8H2,1H3. The van der Waals surface area contributed by atoms with Crippen LogP contribution in [0, 0.1) is 5.92 Å². The molecule has 1 aliphatic rings. The van der Waals surface area contributed by atoms with Crippen LogP contribution in [0.4, 0.5) is 0 Å². The summed E-state index contributed by atoms with van der Waals surface area (Å²) in [6.07, 6.45) is 4.07. The number of likely N-dealkylation sites (tertiary alicyclic amines) is 1. The van der Waals surface area contributed by atoms with Gasteiger partial charge in [-0.15, -0.1) is 11.3 Å². The predicted octanol–water partition coefficient (Wildman–Crippen LogP) is 2.11. The smallest absolute Gasteiger partial charge is 0.262 e. The van der Waals surface area contributed by atoms with E-state index < -0.39 is 0 Å². The van der Waals surface area contributed by atoms with E-state index in [-0.39, 0.29) is 11.5 Å². The van der Waals surface area contributed by atoms with E-state index in [1.807, 2.05) is 10.3 Å². The van der Waals surface area contributed by atoms with E-state index in [2.05, 4.69) is 11.9 Å². The van der Waals surface area contributed by atoms with Crippen LogP contribution in [-0.4, -0.2) is 33.4 Å². The Bertz CT molecular complexity index is 698. The number of piperidine rings is 1. The number of amides is 1. The Kier molecular flexibility index (Phi) is 4.05. The van der Waals surface area contributed by atoms with Crippen molar-refractivity contribution >= 4 is 27.5 Å². The minimum atomic E-state index is -0.0543. The Morgan fingerprint density at radius 1 is 1.43 bits per heavy atom. The minimum absolute atomic E-state index is 0.0543. The van der Waals surface area contributed by atoms with Gasteiger partial charge in [0.2, 0.25) is 5.91 Å². The molecule has 21 heavy (non-hydrogen) atoms. The van der Waals surface area contributed by atoms with Crippen LogP contribution < -0.4 is 5.56 Å². The first-order valence-corrected chi connectivity index (χ1v) is 8.23. The number of hydrogen-bond acceptors (Lipinski definition) is 4. The molecule has 3 rings (SSSR count). The molecule has 0 aliphatic carbocycles. The van der Waals surface area contributed by atoms with E-state index in [4.69, 9.17) is 0 Å². The molecular weight excluding hydrogens is 286 g/mol. The highest BCUT2D eigenvalue weighted by Gasteiger charge is 2.20. The molecule has 6 heteroatoms. The fourth-order valence-corrected chi connectivity index (χ4v) is 3.41. The number of hydrogen-bond donors (Lipinski definition) is 0. The van der Waals surface area contributed by atoms with Crippen molar-refractivity contribution in [3.8, 4) is 0 Å². The van der Waals surface area contributed by atoms with E-state index in [0.717, 1.165) is 30.8 Å². The van der Waals surface area contributed by atoms with Gasteiger partial charge >= 0.3 is 0 Å². The molecule has 0 spiro atoms. The second-order valence-electron chi connectivity index (χ2n) is 5.70. The van der Waals surface area contributed by atoms with Crippen LogP contribution in [-0.2, 0) is 11.3 Å². The second kappa shape index (κ2) is 5.97. The molecule has 3 heterocycles. The molecule has 0 unspecified atom stereocenters. The van der Waals surface area contributed by atoms with Crippen molar-refractivity contribution in [2.24, 2.45) is 5.92 Å². The largest absolute Gasteiger partial charge is 0.343 e. The topological polar surface area (TPSA) is 55.2 Å². The Morgan fingerprint density at radius 2 is 2.19 bits per heavy atom. The molecule has 0 N–H and O–H groups in total. The summed E-state index contributed by atoms with van der Waals surface area (Å²) in [6.45, 7) is 4.32. The molecule has 2 aromatic heterocycles. The molecule has 1 aliphatic heterocycles. The molecule has 0 atom stereocenters. The number of carbonyl (C=O) groups is 1. The highest BCUT2D eigenvalue weighted by atomic mass is 32.1. The first-order chi connectivity index (χ1) is 10.1. The van der Waals surface area contributed by atoms with E-state index in [1.54, 1.807) is 17.0 Å². The van der Waals surface area contributed by atoms with Gasteiger partial charge < -0.3 is 4.90 Å². The number of thiophene rings is 1. The molecule has 0 aromatic carbocycles. The van der Waals surface area contributed by atoms with Gasteiger partial charge in [-0.3, -0.25) is 14.2 Å². The van der Waals surface area contributed by atoms with Gasteiger partial charge in [0.15, 0.2) is 0 Å². The number of nitrogens with zero attached hydrogens (tertiary/aromatic N) is 3. The highest BCUT2D eigenvalue weighted by Crippen LogP contribution is 2.17. The molecule has 0 saturated carbocycles. The third-order valence-electron chi connectivity index (χ3n) is 4.15. The average molecular weight is 305 g/mol. The molecule has 0 bridgehead atoms. The molecule has 1 saturated heterocycles. The van der Waals surface area contributed by atoms with Crippen LogP contribution in [0.1, 0.15) is 26.2 Å². The normalized spacial score (nSPS) is 16.5. The van der Waals surface area contributed by atoms with Crippen molar-refractivity contribution in [3.63, 3.8) is 0 Å². The van der Waals surface area contributed by atoms with Gasteiger partial charge in [0, 0.05) is 26.1 Å². The fourth-order valence-electron chi connectivity index (χ4n) is 2.68. The summed E-state index contributed by atoms with van der Waals surface area (Å²) in [4.78, 5) is 31.4. The van der Waals surface area contributed by atoms with Crippen LogP contribution in [0.3, 0.4) is 0 Å². The summed E-state index contributed by atoms with van der Waals surface area (Å²) in [5.74, 6) is 0.848. The monoisotopic (exact) mass is 305 g/mol. The zero-order chi connectivity index (χ0) is 14.8. The SMILES string of the molecule is CC1CCN(C(=O)CCn2cnc3sccc3c2=O)CC1. The van der Waals surface area contributed by atoms with Crippen molar-refractivity contribution in [1.29, 1.82) is 0 Å². The van der Waals surface area contributed by atoms with Gasteiger partial charge in [-0.1, -0.05) is 6.92 Å². The first-order valence-electron chi connectivity index (χ1n) is 7.35. The van der Waals surface area contributed by atoms with Gasteiger partial charge in [-0.25, -0.2) is 4.98 Å². The number of carbonyl (C=O) groups excluding carboxylic acids is 1. The van der Waals surface area contributed by atoms with Crippen LogP contribution in [0.25, 0.3) is 10.2 Å². The van der Waals surface area contributed by atoms with E-state index in [9.17, 15) is 9.59 Å². The Morgan fingerprint density at radius 3 is 2.95 bits per heavy atom. The van der Waals surface area contributed by atoms with Crippen molar-refractivity contribution < 1.29 is 4.79 Å². The van der Waals surface area contributed by atoms with Crippen molar-refractivity contribution in [2.75, 3.05) is 13.1 Å². The summed E-state index contributed by atoms with van der Waals surface area (Å²) in [7, 11) is 0. The lowest BCUT2D eigenvalue weighted by atomic mass is 9.99. The second-order valence-corrected chi connectivity index (χ2v) is 6.59. The van der Waals surface area contributed by atoms with E-state index >= 15 is 0 Å². The molecule has 5 nitrogen and oxygen atoms in total. The maximum Gasteiger partial charge on any atom is 0.262 e. The zero-order valence-electron chi connectivity index (χ0n) is 12.1. The van der Waals surface area contributed by atoms with Crippen LogP contribution in [0.5, 0.6) is 0 Å². The molecular formula is C15H19N3O2S. The van der Waals surface area contributed by atoms with Gasteiger partial charge in [-0.05, 0) is 30.2 Å². The zero-order valence-corrected chi connectivity index (χ0v) is 12.9. The lowest BCUT2D eigenvalue weighted by Gasteiger charge is -2.30. The van der Waals surface area contributed by atoms with Crippen LogP contribution in [0.2, 0.25) is 0 Å². The Balaban J connectivity index is 1.65. The molecule has 112 valence electrons. The number of fused-ring (bicyclic) bond motifs is 1. The molecule has 1 fully saturated rings. The summed E-state index contributed by atoms with van der Waals surface area (Å²) >= 11 is 1.46. The molecule has 1 amide bonds. The summed E-state index contributed by atoms with van der Waals surface area (Å²) in [6, 6.07) is 1.79. The average Bonchev–Trinajstić information content (AvgIpc) is 2.96. The van der Waals surface area contributed by atoms with E-state index in [1.165, 1.54) is 11.3 Å². The first kappa shape index (κ1) is 14.3. The Labute approximate surface area is 127 Å². The third kappa shape index (κ3) is 3.00. The lowest BCUT2D eigenvalue weighted by Crippen LogP contribution is -2.38. The van der Waals surface area contributed by atoms with Gasteiger partial charge in [-0.2, -0.15) is 0 Å². The van der Waals surface area contributed by atoms with Crippen molar-refractivity contribution in [2.45, 2.75) is 32.7 Å². The summed E-state index contributed by atoms with van der Waals surface area (Å²) in [5, 5.41) is 2.51. The quantitative estimate of drug-likeness (QED) is 0.872. The fraction of sp³-hybridized carbons (Fsp3) is 0.533. The number of rotatable bonds is 3. The Hall–Kier alpha value is -1.69. The predicted molar refractivity (Wildman–Crippen MR) is 83.5 cm³/mol. The van der Waals surface area contributed by atoms with Crippen LogP contribution >= 0.6 is 11.3 Å². The van der Waals surface area contributed by atoms with Gasteiger partial charge in [0.05, 0.1) is 11.7 Å². The van der Waals surface area contributed by atoms with E-state index in [0.29, 0.717) is 24.3 Å². The summed E-state index contributed by atoms with van der Waals surface area (Å²) < 4.78 is 1.54. The number of aromatic nitrogens is 2. The lowest BCUT2D eigenvalue weighted by molar-refractivity contribution is -0.132. The molecule has 0 radical (unpaired) electrons. The summed E-state index contributed by atoms with van der Waals surface area (Å²) in [5.41, 5.74) is -0.0543. The van der Waals surface area contributed by atoms with Crippen LogP contribution in [0.15, 0.2) is 22.6 Å². The number of aryl methyl sites for hydroxylation is 1. The maximum atomic E-state index is 12.2. The van der Waals surface area contributed by atoms with Crippen molar-refractivity contribution in [3.05, 3.63) is 28.1 Å². The van der Waals surface area contributed by atoms with Gasteiger partial charge in [0.25, 0.3) is 5.56 Å². The molecule has 2 aromatic rings. The van der Waals surface area contributed by atoms with Gasteiger partial charge in [0.1, 0.15) is 4.83 Å². The third-order valence-corrected chi connectivity index (χ3v) is 4.97. The van der Waals surface area contributed by atoms with Crippen molar-refractivity contribution in [1.82, 2.24) is 14.5 Å². The highest BCUT2D eigenvalue weighted by molar-refractivity contribution is 7.16. The minimum Gasteiger partial charge on any atom is -0.343 e. The maximum absolute atomic E-state index is 12.2.